The van der Waals surface area contributed by atoms with E-state index in [0.29, 0.717) is 17.2 Å². The van der Waals surface area contributed by atoms with Crippen LogP contribution in [0.15, 0.2) is 41.8 Å². The molecule has 33 heavy (non-hydrogen) atoms. The van der Waals surface area contributed by atoms with Gasteiger partial charge in [-0.25, -0.2) is 18.6 Å². The Balaban J connectivity index is 1.33. The molecule has 1 aliphatic rings. The van der Waals surface area contributed by atoms with Crippen LogP contribution in [0.5, 0.6) is 0 Å². The lowest BCUT2D eigenvalue weighted by Crippen LogP contribution is -2.35. The van der Waals surface area contributed by atoms with E-state index in [1.807, 2.05) is 12.1 Å². The second kappa shape index (κ2) is 9.22. The number of hydrogen-bond donors (Lipinski definition) is 3. The lowest BCUT2D eigenvalue weighted by molar-refractivity contribution is 0.0342. The average Bonchev–Trinajstić information content (AvgIpc) is 3.43. The number of nitrogens with one attached hydrogen (secondary N) is 3. The first-order valence-electron chi connectivity index (χ1n) is 10.3. The van der Waals surface area contributed by atoms with Crippen LogP contribution in [0.1, 0.15) is 5.56 Å². The molecule has 0 aliphatic carbocycles. The van der Waals surface area contributed by atoms with Crippen LogP contribution in [0.4, 0.5) is 25.0 Å². The van der Waals surface area contributed by atoms with Crippen LogP contribution in [-0.4, -0.2) is 51.6 Å². The molecule has 8 nitrogen and oxygen atoms in total. The van der Waals surface area contributed by atoms with E-state index in [1.54, 1.807) is 5.38 Å². The summed E-state index contributed by atoms with van der Waals surface area (Å²) in [6, 6.07) is 8.61. The van der Waals surface area contributed by atoms with Crippen molar-refractivity contribution in [1.82, 2.24) is 19.2 Å². The fourth-order valence-corrected chi connectivity index (χ4v) is 4.28. The van der Waals surface area contributed by atoms with E-state index >= 15 is 0 Å². The molecule has 2 amide bonds. The van der Waals surface area contributed by atoms with Crippen LogP contribution in [0.25, 0.3) is 22.6 Å². The van der Waals surface area contributed by atoms with Crippen molar-refractivity contribution in [3.63, 3.8) is 0 Å². The maximum atomic E-state index is 13.8. The number of aromatic nitrogens is 3. The number of carbonyl (C=O) groups excluding carboxylic acids is 1. The molecule has 11 heteroatoms. The van der Waals surface area contributed by atoms with Crippen molar-refractivity contribution in [2.45, 2.75) is 6.54 Å². The fraction of sp³-hybridized carbons (Fsp3) is 0.227. The predicted octanol–water partition coefficient (Wildman–Crippen LogP) is 4.44. The van der Waals surface area contributed by atoms with E-state index in [2.05, 4.69) is 35.9 Å². The number of H-pyrrole nitrogens is 1. The zero-order valence-electron chi connectivity index (χ0n) is 17.4. The molecule has 0 unspecified atom stereocenters. The minimum Gasteiger partial charge on any atom is -0.379 e. The number of hydrogen-bond acceptors (Lipinski definition) is 6. The summed E-state index contributed by atoms with van der Waals surface area (Å²) in [4.78, 5) is 22.5. The Morgan fingerprint density at radius 1 is 1.15 bits per heavy atom. The van der Waals surface area contributed by atoms with Gasteiger partial charge < -0.3 is 20.4 Å². The quantitative estimate of drug-likeness (QED) is 0.401. The first kappa shape index (κ1) is 21.4. The highest BCUT2D eigenvalue weighted by Gasteiger charge is 2.18. The van der Waals surface area contributed by atoms with Crippen molar-refractivity contribution in [2.75, 3.05) is 36.9 Å². The summed E-state index contributed by atoms with van der Waals surface area (Å²) in [5, 5.41) is 6.42. The second-order valence-electron chi connectivity index (χ2n) is 7.58. The van der Waals surface area contributed by atoms with E-state index in [0.717, 1.165) is 73.1 Å². The molecule has 0 spiro atoms. The Hall–Kier alpha value is -3.41. The maximum Gasteiger partial charge on any atom is 0.323 e. The molecule has 170 valence electrons. The van der Waals surface area contributed by atoms with E-state index in [9.17, 15) is 13.6 Å². The number of fused-ring (bicyclic) bond motifs is 1. The zero-order valence-corrected chi connectivity index (χ0v) is 18.2. The third-order valence-corrected chi connectivity index (χ3v) is 5.93. The first-order valence-corrected chi connectivity index (χ1v) is 11.2. The van der Waals surface area contributed by atoms with Crippen molar-refractivity contribution in [3.05, 3.63) is 59.0 Å². The summed E-state index contributed by atoms with van der Waals surface area (Å²) in [6.07, 6.45) is 0. The summed E-state index contributed by atoms with van der Waals surface area (Å²) in [6.45, 7) is 4.11. The van der Waals surface area contributed by atoms with Gasteiger partial charge in [-0.05, 0) is 41.4 Å². The van der Waals surface area contributed by atoms with Gasteiger partial charge in [0.1, 0.15) is 23.0 Å². The van der Waals surface area contributed by atoms with Crippen LogP contribution in [0.3, 0.4) is 0 Å². The molecule has 3 N–H and O–H groups in total. The van der Waals surface area contributed by atoms with Gasteiger partial charge in [-0.3, -0.25) is 4.90 Å². The molecule has 4 aromatic rings. The van der Waals surface area contributed by atoms with Crippen molar-refractivity contribution < 1.29 is 18.3 Å². The largest absolute Gasteiger partial charge is 0.379 e. The number of anilines is 2. The molecule has 0 atom stereocenters. The van der Waals surface area contributed by atoms with E-state index in [4.69, 9.17) is 4.74 Å². The number of carbonyl (C=O) groups is 1. The van der Waals surface area contributed by atoms with Crippen LogP contribution in [0, 0.1) is 11.6 Å². The van der Waals surface area contributed by atoms with Gasteiger partial charge in [0.05, 0.1) is 29.9 Å². The highest BCUT2D eigenvalue weighted by molar-refractivity contribution is 7.04. The molecule has 0 bridgehead atoms. The molecule has 1 fully saturated rings. The molecule has 2 aromatic carbocycles. The van der Waals surface area contributed by atoms with Gasteiger partial charge in [-0.2, -0.15) is 4.37 Å². The average molecular weight is 471 g/mol. The number of benzene rings is 2. The van der Waals surface area contributed by atoms with Crippen LogP contribution in [-0.2, 0) is 11.3 Å². The van der Waals surface area contributed by atoms with Gasteiger partial charge in [0.15, 0.2) is 5.82 Å². The Morgan fingerprint density at radius 2 is 1.94 bits per heavy atom. The monoisotopic (exact) mass is 470 g/mol. The first-order chi connectivity index (χ1) is 16.1. The number of imidazole rings is 1. The van der Waals surface area contributed by atoms with Crippen molar-refractivity contribution >= 4 is 40.0 Å². The van der Waals surface area contributed by atoms with Crippen LogP contribution < -0.4 is 10.6 Å². The van der Waals surface area contributed by atoms with Gasteiger partial charge in [-0.1, -0.05) is 12.1 Å². The Kier molecular flexibility index (Phi) is 5.99. The predicted molar refractivity (Wildman–Crippen MR) is 122 cm³/mol. The third-order valence-electron chi connectivity index (χ3n) is 5.30. The SMILES string of the molecule is O=C(Nc1csnc1-c1nc2ccc(CN3CCOCC3)cc2[nH]1)Nc1c(F)cccc1F. The number of urea groups is 1. The number of morpholine rings is 1. The molecular formula is C22H20F2N6O2S. The lowest BCUT2D eigenvalue weighted by Gasteiger charge is -2.26. The minimum absolute atomic E-state index is 0.377. The summed E-state index contributed by atoms with van der Waals surface area (Å²) >= 11 is 1.13. The second-order valence-corrected chi connectivity index (χ2v) is 8.21. The Bertz CT molecular complexity index is 1280. The molecular weight excluding hydrogens is 450 g/mol. The number of amides is 2. The van der Waals surface area contributed by atoms with Gasteiger partial charge in [0, 0.05) is 25.0 Å². The number of halogens is 2. The molecule has 1 saturated heterocycles. The molecule has 0 saturated carbocycles. The van der Waals surface area contributed by atoms with Gasteiger partial charge in [0.25, 0.3) is 0 Å². The van der Waals surface area contributed by atoms with E-state index < -0.39 is 23.4 Å². The molecule has 5 rings (SSSR count). The summed E-state index contributed by atoms with van der Waals surface area (Å²) in [7, 11) is 0. The van der Waals surface area contributed by atoms with Gasteiger partial charge in [0.2, 0.25) is 0 Å². The number of nitrogens with zero attached hydrogens (tertiary/aromatic N) is 3. The van der Waals surface area contributed by atoms with Crippen molar-refractivity contribution in [3.8, 4) is 11.5 Å². The molecule has 2 aromatic heterocycles. The normalized spacial score (nSPS) is 14.5. The highest BCUT2D eigenvalue weighted by atomic mass is 32.1. The van der Waals surface area contributed by atoms with Gasteiger partial charge in [-0.15, -0.1) is 0 Å². The Morgan fingerprint density at radius 3 is 2.73 bits per heavy atom. The van der Waals surface area contributed by atoms with Crippen LogP contribution >= 0.6 is 11.5 Å². The number of aromatic amines is 1. The smallest absolute Gasteiger partial charge is 0.323 e. The molecule has 3 heterocycles. The maximum absolute atomic E-state index is 13.8. The highest BCUT2D eigenvalue weighted by Crippen LogP contribution is 2.29. The molecule has 0 radical (unpaired) electrons. The number of para-hydroxylation sites is 1. The van der Waals surface area contributed by atoms with Crippen molar-refractivity contribution in [1.29, 1.82) is 0 Å². The standard InChI is InChI=1S/C22H20F2N6O2S/c23-14-2-1-3-15(24)19(14)28-22(31)27-18-12-33-29-20(18)21-25-16-5-4-13(10-17(16)26-21)11-30-6-8-32-9-7-30/h1-5,10,12H,6-9,11H2,(H,25,26)(H2,27,28,31). The van der Waals surface area contributed by atoms with Crippen molar-refractivity contribution in [2.24, 2.45) is 0 Å². The number of rotatable bonds is 5. The Labute approximate surface area is 191 Å². The topological polar surface area (TPSA) is 95.2 Å². The summed E-state index contributed by atoms with van der Waals surface area (Å²) in [5.74, 6) is -1.24. The third kappa shape index (κ3) is 4.70. The van der Waals surface area contributed by atoms with Crippen LogP contribution in [0.2, 0.25) is 0 Å². The molecule has 1 aliphatic heterocycles. The van der Waals surface area contributed by atoms with Gasteiger partial charge >= 0.3 is 6.03 Å². The minimum atomic E-state index is -0.862. The van der Waals surface area contributed by atoms with E-state index in [1.165, 1.54) is 6.07 Å². The zero-order chi connectivity index (χ0) is 22.8. The summed E-state index contributed by atoms with van der Waals surface area (Å²) < 4.78 is 37.4. The fourth-order valence-electron chi connectivity index (χ4n) is 3.67. The van der Waals surface area contributed by atoms with E-state index in [-0.39, 0.29) is 0 Å². The lowest BCUT2D eigenvalue weighted by atomic mass is 10.2. The summed E-state index contributed by atoms with van der Waals surface area (Å²) in [5.41, 5.74) is 3.08. The number of ether oxygens (including phenoxy) is 1.